The summed E-state index contributed by atoms with van der Waals surface area (Å²) in [7, 11) is 2.13. The summed E-state index contributed by atoms with van der Waals surface area (Å²) in [4.78, 5) is 0. The van der Waals surface area contributed by atoms with Crippen molar-refractivity contribution in [2.45, 2.75) is 65.7 Å². The number of hydrogen-bond donors (Lipinski definition) is 1. The summed E-state index contributed by atoms with van der Waals surface area (Å²) in [6, 6.07) is 0. The zero-order valence-electron chi connectivity index (χ0n) is 13.6. The molecule has 0 aliphatic heterocycles. The van der Waals surface area contributed by atoms with Gasteiger partial charge in [0, 0.05) is 0 Å². The number of nitrogens with one attached hydrogen (secondary N) is 1. The molecule has 0 amide bonds. The summed E-state index contributed by atoms with van der Waals surface area (Å²) in [5.74, 6) is 5.89. The maximum absolute atomic E-state index is 3.46. The van der Waals surface area contributed by atoms with E-state index in [0.29, 0.717) is 0 Å². The van der Waals surface area contributed by atoms with Crippen LogP contribution in [-0.2, 0) is 0 Å². The Hall–Kier alpha value is -0.0400. The molecule has 0 aromatic carbocycles. The molecular formula is C18H35N. The molecule has 0 aromatic rings. The molecular weight excluding hydrogens is 230 g/mol. The Labute approximate surface area is 120 Å². The summed E-state index contributed by atoms with van der Waals surface area (Å²) >= 11 is 0. The third-order valence-electron chi connectivity index (χ3n) is 6.16. The van der Waals surface area contributed by atoms with Gasteiger partial charge in [-0.15, -0.1) is 0 Å². The molecule has 3 atom stereocenters. The lowest BCUT2D eigenvalue weighted by atomic mass is 9.62. The third-order valence-corrected chi connectivity index (χ3v) is 6.16. The first kappa shape index (κ1) is 15.4. The van der Waals surface area contributed by atoms with Crippen LogP contribution in [0.5, 0.6) is 0 Å². The van der Waals surface area contributed by atoms with Gasteiger partial charge in [0.1, 0.15) is 0 Å². The maximum atomic E-state index is 3.46. The van der Waals surface area contributed by atoms with Crippen LogP contribution in [-0.4, -0.2) is 13.6 Å². The molecule has 2 rings (SSSR count). The van der Waals surface area contributed by atoms with E-state index in [1.165, 1.54) is 51.5 Å². The van der Waals surface area contributed by atoms with Crippen molar-refractivity contribution in [1.29, 1.82) is 0 Å². The van der Waals surface area contributed by atoms with Gasteiger partial charge < -0.3 is 5.32 Å². The van der Waals surface area contributed by atoms with E-state index in [1.807, 2.05) is 0 Å². The Balaban J connectivity index is 1.98. The van der Waals surface area contributed by atoms with Crippen molar-refractivity contribution in [3.8, 4) is 0 Å². The maximum Gasteiger partial charge on any atom is -0.00208 e. The van der Waals surface area contributed by atoms with Gasteiger partial charge >= 0.3 is 0 Å². The Morgan fingerprint density at radius 2 is 1.68 bits per heavy atom. The Morgan fingerprint density at radius 1 is 1.00 bits per heavy atom. The van der Waals surface area contributed by atoms with Crippen LogP contribution in [0.2, 0.25) is 0 Å². The van der Waals surface area contributed by atoms with Gasteiger partial charge in [0.15, 0.2) is 0 Å². The first-order valence-corrected chi connectivity index (χ1v) is 8.76. The van der Waals surface area contributed by atoms with E-state index in [9.17, 15) is 0 Å². The van der Waals surface area contributed by atoms with Gasteiger partial charge in [0.25, 0.3) is 0 Å². The van der Waals surface area contributed by atoms with Crippen LogP contribution in [0.4, 0.5) is 0 Å². The van der Waals surface area contributed by atoms with Crippen LogP contribution < -0.4 is 5.32 Å². The topological polar surface area (TPSA) is 12.0 Å². The molecule has 0 aromatic heterocycles. The molecule has 1 heteroatoms. The molecule has 0 saturated heterocycles. The first-order valence-electron chi connectivity index (χ1n) is 8.76. The Bertz CT molecular complexity index is 252. The highest BCUT2D eigenvalue weighted by Crippen LogP contribution is 2.45. The van der Waals surface area contributed by atoms with Gasteiger partial charge in [-0.05, 0) is 81.2 Å². The highest BCUT2D eigenvalue weighted by atomic mass is 14.8. The zero-order chi connectivity index (χ0) is 13.8. The van der Waals surface area contributed by atoms with Crippen molar-refractivity contribution >= 4 is 0 Å². The highest BCUT2D eigenvalue weighted by molar-refractivity contribution is 4.88. The Morgan fingerprint density at radius 3 is 2.26 bits per heavy atom. The van der Waals surface area contributed by atoms with Crippen molar-refractivity contribution in [1.82, 2.24) is 5.32 Å². The third kappa shape index (κ3) is 3.97. The highest BCUT2D eigenvalue weighted by Gasteiger charge is 2.37. The zero-order valence-corrected chi connectivity index (χ0v) is 13.6. The lowest BCUT2D eigenvalue weighted by molar-refractivity contribution is 0.0722. The molecule has 3 unspecified atom stereocenters. The van der Waals surface area contributed by atoms with E-state index in [4.69, 9.17) is 0 Å². The SMILES string of the molecule is CNCC1CCC(C(C)C)CC1C1CCC(C)CC1. The first-order chi connectivity index (χ1) is 9.11. The quantitative estimate of drug-likeness (QED) is 0.775. The molecule has 2 aliphatic rings. The van der Waals surface area contributed by atoms with E-state index in [-0.39, 0.29) is 0 Å². The van der Waals surface area contributed by atoms with E-state index in [0.717, 1.165) is 35.5 Å². The molecule has 19 heavy (non-hydrogen) atoms. The van der Waals surface area contributed by atoms with Crippen LogP contribution in [0.15, 0.2) is 0 Å². The van der Waals surface area contributed by atoms with E-state index in [1.54, 1.807) is 0 Å². The second-order valence-electron chi connectivity index (χ2n) is 7.82. The van der Waals surface area contributed by atoms with Crippen molar-refractivity contribution in [3.63, 3.8) is 0 Å². The van der Waals surface area contributed by atoms with Gasteiger partial charge in [-0.25, -0.2) is 0 Å². The fourth-order valence-corrected chi connectivity index (χ4v) is 4.71. The van der Waals surface area contributed by atoms with Crippen molar-refractivity contribution in [2.24, 2.45) is 35.5 Å². The second-order valence-corrected chi connectivity index (χ2v) is 7.82. The van der Waals surface area contributed by atoms with E-state index >= 15 is 0 Å². The van der Waals surface area contributed by atoms with Crippen molar-refractivity contribution in [3.05, 3.63) is 0 Å². The molecule has 0 radical (unpaired) electrons. The predicted octanol–water partition coefficient (Wildman–Crippen LogP) is 4.72. The summed E-state index contributed by atoms with van der Waals surface area (Å²) in [6.07, 6.45) is 10.5. The van der Waals surface area contributed by atoms with Gasteiger partial charge in [-0.3, -0.25) is 0 Å². The van der Waals surface area contributed by atoms with Crippen molar-refractivity contribution in [2.75, 3.05) is 13.6 Å². The number of rotatable bonds is 4. The summed E-state index contributed by atoms with van der Waals surface area (Å²) < 4.78 is 0. The lowest BCUT2D eigenvalue weighted by Gasteiger charge is -2.44. The summed E-state index contributed by atoms with van der Waals surface area (Å²) in [5.41, 5.74) is 0. The average Bonchev–Trinajstić information content (AvgIpc) is 2.40. The molecule has 0 spiro atoms. The van der Waals surface area contributed by atoms with Crippen molar-refractivity contribution < 1.29 is 0 Å². The molecule has 1 N–H and O–H groups in total. The molecule has 0 heterocycles. The minimum Gasteiger partial charge on any atom is -0.319 e. The summed E-state index contributed by atoms with van der Waals surface area (Å²) in [5, 5.41) is 3.46. The smallest absolute Gasteiger partial charge is 0.00208 e. The molecule has 1 nitrogen and oxygen atoms in total. The largest absolute Gasteiger partial charge is 0.319 e. The van der Waals surface area contributed by atoms with Gasteiger partial charge in [-0.1, -0.05) is 33.6 Å². The fourth-order valence-electron chi connectivity index (χ4n) is 4.71. The predicted molar refractivity (Wildman–Crippen MR) is 84.2 cm³/mol. The molecule has 0 bridgehead atoms. The van der Waals surface area contributed by atoms with Crippen LogP contribution in [0.1, 0.15) is 65.7 Å². The molecule has 2 aliphatic carbocycles. The van der Waals surface area contributed by atoms with Gasteiger partial charge in [0.05, 0.1) is 0 Å². The van der Waals surface area contributed by atoms with E-state index in [2.05, 4.69) is 33.1 Å². The molecule has 2 fully saturated rings. The van der Waals surface area contributed by atoms with Crippen LogP contribution in [0.3, 0.4) is 0 Å². The Kier molecular flexibility index (Phi) is 5.74. The minimum atomic E-state index is 0.889. The van der Waals surface area contributed by atoms with Crippen LogP contribution in [0.25, 0.3) is 0 Å². The van der Waals surface area contributed by atoms with Gasteiger partial charge in [0.2, 0.25) is 0 Å². The molecule has 112 valence electrons. The van der Waals surface area contributed by atoms with E-state index < -0.39 is 0 Å². The van der Waals surface area contributed by atoms with Gasteiger partial charge in [-0.2, -0.15) is 0 Å². The standard InChI is InChI=1S/C18H35N/c1-13(2)16-9-10-17(12-19-4)18(11-16)15-7-5-14(3)6-8-15/h13-19H,5-12H2,1-4H3. The number of hydrogen-bond acceptors (Lipinski definition) is 1. The fraction of sp³-hybridized carbons (Fsp3) is 1.00. The molecule has 2 saturated carbocycles. The monoisotopic (exact) mass is 265 g/mol. The average molecular weight is 265 g/mol. The lowest BCUT2D eigenvalue weighted by Crippen LogP contribution is -2.38. The van der Waals surface area contributed by atoms with Crippen LogP contribution in [0, 0.1) is 35.5 Å². The minimum absolute atomic E-state index is 0.889. The normalized spacial score (nSPS) is 40.6. The summed E-state index contributed by atoms with van der Waals surface area (Å²) in [6.45, 7) is 8.56. The van der Waals surface area contributed by atoms with Crippen LogP contribution >= 0.6 is 0 Å². The second kappa shape index (κ2) is 7.11.